The fourth-order valence-corrected chi connectivity index (χ4v) is 3.34. The highest BCUT2D eigenvalue weighted by atomic mass is 79.9. The van der Waals surface area contributed by atoms with Gasteiger partial charge in [0.05, 0.1) is 18.1 Å². The van der Waals surface area contributed by atoms with Gasteiger partial charge in [-0.05, 0) is 36.4 Å². The Kier molecular flexibility index (Phi) is 4.37. The zero-order chi connectivity index (χ0) is 19.8. The van der Waals surface area contributed by atoms with Crippen LogP contribution in [0.5, 0.6) is 5.75 Å². The molecule has 3 aromatic carbocycles. The molecule has 29 heavy (non-hydrogen) atoms. The van der Waals surface area contributed by atoms with Gasteiger partial charge in [-0.25, -0.2) is 4.98 Å². The molecule has 0 unspecified atom stereocenters. The molecule has 0 radical (unpaired) electrons. The second kappa shape index (κ2) is 7.18. The second-order valence-electron chi connectivity index (χ2n) is 6.48. The van der Waals surface area contributed by atoms with Crippen molar-refractivity contribution in [3.63, 3.8) is 0 Å². The normalized spacial score (nSPS) is 11.1. The monoisotopic (exact) mass is 446 g/mol. The number of halogens is 1. The average molecular weight is 447 g/mol. The SMILES string of the molecule is COc1ccc2[nH]c(-c3ccc(-c4noc(-c5ccc(Br)cc5)n4)cc3)nc2c1. The molecule has 2 aromatic heterocycles. The molecule has 0 fully saturated rings. The Balaban J connectivity index is 1.42. The third-order valence-corrected chi connectivity index (χ3v) is 5.15. The summed E-state index contributed by atoms with van der Waals surface area (Å²) >= 11 is 3.42. The highest BCUT2D eigenvalue weighted by molar-refractivity contribution is 9.10. The summed E-state index contributed by atoms with van der Waals surface area (Å²) in [7, 11) is 1.65. The Morgan fingerprint density at radius 2 is 1.59 bits per heavy atom. The topological polar surface area (TPSA) is 76.8 Å². The Morgan fingerprint density at radius 3 is 2.34 bits per heavy atom. The third-order valence-electron chi connectivity index (χ3n) is 4.62. The van der Waals surface area contributed by atoms with Gasteiger partial charge < -0.3 is 14.2 Å². The number of nitrogens with zero attached hydrogens (tertiary/aromatic N) is 3. The standard InChI is InChI=1S/C22H15BrN4O2/c1-28-17-10-11-18-19(12-17)25-20(24-18)13-2-4-14(5-3-13)21-26-22(29-27-21)15-6-8-16(23)9-7-15/h2-12H,1H3,(H,24,25). The molecule has 6 nitrogen and oxygen atoms in total. The summed E-state index contributed by atoms with van der Waals surface area (Å²) in [4.78, 5) is 12.5. The van der Waals surface area contributed by atoms with Crippen molar-refractivity contribution in [1.29, 1.82) is 0 Å². The lowest BCUT2D eigenvalue weighted by Crippen LogP contribution is -1.84. The Hall–Kier alpha value is -3.45. The van der Waals surface area contributed by atoms with Crippen LogP contribution in [-0.2, 0) is 0 Å². The van der Waals surface area contributed by atoms with E-state index in [1.165, 1.54) is 0 Å². The van der Waals surface area contributed by atoms with Crippen LogP contribution in [0.2, 0.25) is 0 Å². The van der Waals surface area contributed by atoms with Crippen LogP contribution in [0.3, 0.4) is 0 Å². The van der Waals surface area contributed by atoms with Crippen molar-refractivity contribution in [3.8, 4) is 40.0 Å². The summed E-state index contributed by atoms with van der Waals surface area (Å²) in [6.07, 6.45) is 0. The number of nitrogens with one attached hydrogen (secondary N) is 1. The second-order valence-corrected chi connectivity index (χ2v) is 7.39. The van der Waals surface area contributed by atoms with Crippen molar-refractivity contribution in [2.24, 2.45) is 0 Å². The van der Waals surface area contributed by atoms with Crippen LogP contribution in [0.1, 0.15) is 0 Å². The van der Waals surface area contributed by atoms with Gasteiger partial charge in [0, 0.05) is 27.2 Å². The first-order valence-corrected chi connectivity index (χ1v) is 9.73. The molecule has 5 aromatic rings. The van der Waals surface area contributed by atoms with Gasteiger partial charge in [-0.15, -0.1) is 0 Å². The van der Waals surface area contributed by atoms with Gasteiger partial charge in [0.15, 0.2) is 0 Å². The van der Waals surface area contributed by atoms with Gasteiger partial charge in [0.25, 0.3) is 5.89 Å². The number of ether oxygens (including phenoxy) is 1. The molecule has 0 saturated carbocycles. The summed E-state index contributed by atoms with van der Waals surface area (Å²) in [6.45, 7) is 0. The highest BCUT2D eigenvalue weighted by Gasteiger charge is 2.12. The van der Waals surface area contributed by atoms with Crippen LogP contribution in [0.25, 0.3) is 45.3 Å². The summed E-state index contributed by atoms with van der Waals surface area (Å²) in [5.41, 5.74) is 4.54. The number of hydrogen-bond acceptors (Lipinski definition) is 5. The Labute approximate surface area is 174 Å². The van der Waals surface area contributed by atoms with Crippen molar-refractivity contribution >= 4 is 27.0 Å². The first-order chi connectivity index (χ1) is 14.2. The Bertz CT molecular complexity index is 1290. The third kappa shape index (κ3) is 3.40. The maximum absolute atomic E-state index is 5.41. The molecule has 0 aliphatic carbocycles. The quantitative estimate of drug-likeness (QED) is 0.382. The van der Waals surface area contributed by atoms with Crippen LogP contribution < -0.4 is 4.74 Å². The van der Waals surface area contributed by atoms with E-state index < -0.39 is 0 Å². The van der Waals surface area contributed by atoms with Gasteiger partial charge in [-0.3, -0.25) is 0 Å². The highest BCUT2D eigenvalue weighted by Crippen LogP contribution is 2.27. The zero-order valence-electron chi connectivity index (χ0n) is 15.4. The molecular weight excluding hydrogens is 432 g/mol. The molecule has 7 heteroatoms. The van der Waals surface area contributed by atoms with Crippen LogP contribution >= 0.6 is 15.9 Å². The summed E-state index contributed by atoms with van der Waals surface area (Å²) in [5.74, 6) is 2.61. The van der Waals surface area contributed by atoms with Crippen LogP contribution in [0.4, 0.5) is 0 Å². The molecular formula is C22H15BrN4O2. The summed E-state index contributed by atoms with van der Waals surface area (Å²) < 4.78 is 11.7. The lowest BCUT2D eigenvalue weighted by Gasteiger charge is -1.98. The first-order valence-electron chi connectivity index (χ1n) is 8.94. The molecule has 0 bridgehead atoms. The average Bonchev–Trinajstić information content (AvgIpc) is 3.41. The molecule has 0 saturated heterocycles. The van der Waals surface area contributed by atoms with Gasteiger partial charge in [0.2, 0.25) is 5.82 Å². The number of fused-ring (bicyclic) bond motifs is 1. The number of benzene rings is 3. The lowest BCUT2D eigenvalue weighted by atomic mass is 10.1. The molecule has 0 atom stereocenters. The van der Waals surface area contributed by atoms with E-state index >= 15 is 0 Å². The number of hydrogen-bond donors (Lipinski definition) is 1. The van der Waals surface area contributed by atoms with E-state index in [2.05, 4.69) is 36.0 Å². The largest absolute Gasteiger partial charge is 0.497 e. The van der Waals surface area contributed by atoms with Crippen LogP contribution in [0.15, 0.2) is 75.7 Å². The molecule has 0 amide bonds. The van der Waals surface area contributed by atoms with Crippen molar-refractivity contribution in [2.45, 2.75) is 0 Å². The van der Waals surface area contributed by atoms with Crippen molar-refractivity contribution in [3.05, 3.63) is 71.2 Å². The minimum absolute atomic E-state index is 0.489. The minimum Gasteiger partial charge on any atom is -0.497 e. The van der Waals surface area contributed by atoms with E-state index in [1.807, 2.05) is 66.7 Å². The van der Waals surface area contributed by atoms with Crippen molar-refractivity contribution in [2.75, 3.05) is 7.11 Å². The van der Waals surface area contributed by atoms with E-state index in [9.17, 15) is 0 Å². The number of aromatic amines is 1. The van der Waals surface area contributed by atoms with E-state index in [-0.39, 0.29) is 0 Å². The lowest BCUT2D eigenvalue weighted by molar-refractivity contribution is 0.415. The number of H-pyrrole nitrogens is 1. The summed E-state index contributed by atoms with van der Waals surface area (Å²) in [5, 5.41) is 4.11. The molecule has 1 N–H and O–H groups in total. The Morgan fingerprint density at radius 1 is 0.862 bits per heavy atom. The van der Waals surface area contributed by atoms with Gasteiger partial charge >= 0.3 is 0 Å². The molecule has 5 rings (SSSR count). The molecule has 142 valence electrons. The van der Waals surface area contributed by atoms with E-state index in [4.69, 9.17) is 9.26 Å². The van der Waals surface area contributed by atoms with Gasteiger partial charge in [-0.2, -0.15) is 4.98 Å². The van der Waals surface area contributed by atoms with Gasteiger partial charge in [0.1, 0.15) is 11.6 Å². The fraction of sp³-hybridized carbons (Fsp3) is 0.0455. The van der Waals surface area contributed by atoms with Crippen molar-refractivity contribution in [1.82, 2.24) is 20.1 Å². The maximum Gasteiger partial charge on any atom is 0.258 e. The predicted molar refractivity (Wildman–Crippen MR) is 115 cm³/mol. The minimum atomic E-state index is 0.489. The predicted octanol–water partition coefficient (Wildman–Crippen LogP) is 5.72. The zero-order valence-corrected chi connectivity index (χ0v) is 17.0. The van der Waals surface area contributed by atoms with Crippen LogP contribution in [-0.4, -0.2) is 27.2 Å². The van der Waals surface area contributed by atoms with Crippen molar-refractivity contribution < 1.29 is 9.26 Å². The van der Waals surface area contributed by atoms with E-state index in [1.54, 1.807) is 7.11 Å². The first kappa shape index (κ1) is 17.6. The summed E-state index contributed by atoms with van der Waals surface area (Å²) in [6, 6.07) is 21.4. The number of rotatable bonds is 4. The molecule has 0 spiro atoms. The van der Waals surface area contributed by atoms with Crippen LogP contribution in [0, 0.1) is 0 Å². The number of aromatic nitrogens is 4. The molecule has 0 aliphatic heterocycles. The molecule has 2 heterocycles. The van der Waals surface area contributed by atoms with Gasteiger partial charge in [-0.1, -0.05) is 45.4 Å². The number of methoxy groups -OCH3 is 1. The maximum atomic E-state index is 5.41. The fourth-order valence-electron chi connectivity index (χ4n) is 3.08. The molecule has 0 aliphatic rings. The van der Waals surface area contributed by atoms with E-state index in [0.29, 0.717) is 11.7 Å². The smallest absolute Gasteiger partial charge is 0.258 e. The van der Waals surface area contributed by atoms with E-state index in [0.717, 1.165) is 43.8 Å². The number of imidazole rings is 1.